The van der Waals surface area contributed by atoms with Crippen LogP contribution in [0.5, 0.6) is 0 Å². The lowest BCUT2D eigenvalue weighted by Gasteiger charge is -2.31. The molecule has 0 unspecified atom stereocenters. The Bertz CT molecular complexity index is 595. The molecule has 116 valence electrons. The fourth-order valence-corrected chi connectivity index (χ4v) is 4.22. The Labute approximate surface area is 125 Å². The molecule has 1 heterocycles. The lowest BCUT2D eigenvalue weighted by atomic mass is 9.95. The fourth-order valence-electron chi connectivity index (χ4n) is 2.67. The molecule has 0 aromatic heterocycles. The van der Waals surface area contributed by atoms with E-state index in [1.54, 1.807) is 24.3 Å². The zero-order chi connectivity index (χ0) is 15.5. The molecule has 1 aromatic rings. The molecule has 1 atom stereocenters. The summed E-state index contributed by atoms with van der Waals surface area (Å²) in [5, 5.41) is 8.74. The van der Waals surface area contributed by atoms with Crippen molar-refractivity contribution in [3.63, 3.8) is 0 Å². The molecule has 2 rings (SSSR count). The first kappa shape index (κ1) is 16.0. The van der Waals surface area contributed by atoms with Crippen molar-refractivity contribution in [2.75, 3.05) is 13.1 Å². The molecule has 0 radical (unpaired) electrons. The van der Waals surface area contributed by atoms with E-state index < -0.39 is 16.0 Å². The van der Waals surface area contributed by atoms with Crippen LogP contribution < -0.4 is 0 Å². The lowest BCUT2D eigenvalue weighted by Crippen LogP contribution is -2.40. The summed E-state index contributed by atoms with van der Waals surface area (Å²) in [6, 6.07) is 6.84. The van der Waals surface area contributed by atoms with Crippen LogP contribution in [0.3, 0.4) is 0 Å². The molecule has 0 saturated carbocycles. The van der Waals surface area contributed by atoms with Gasteiger partial charge in [0.2, 0.25) is 10.0 Å². The molecule has 0 aliphatic carbocycles. The maximum Gasteiger partial charge on any atom is 0.303 e. The van der Waals surface area contributed by atoms with E-state index in [0.29, 0.717) is 24.4 Å². The number of piperidine rings is 1. The summed E-state index contributed by atoms with van der Waals surface area (Å²) < 4.78 is 26.7. The van der Waals surface area contributed by atoms with Gasteiger partial charge in [0.15, 0.2) is 0 Å². The van der Waals surface area contributed by atoms with Crippen molar-refractivity contribution in [2.45, 2.75) is 37.5 Å². The van der Waals surface area contributed by atoms with Crippen molar-refractivity contribution in [2.24, 2.45) is 5.92 Å². The van der Waals surface area contributed by atoms with Crippen molar-refractivity contribution in [1.82, 2.24) is 4.31 Å². The quantitative estimate of drug-likeness (QED) is 0.905. The molecular weight excluding hydrogens is 290 g/mol. The van der Waals surface area contributed by atoms with Crippen molar-refractivity contribution >= 4 is 16.0 Å². The summed E-state index contributed by atoms with van der Waals surface area (Å²) in [6.45, 7) is 2.85. The van der Waals surface area contributed by atoms with Gasteiger partial charge in [-0.1, -0.05) is 17.7 Å². The Balaban J connectivity index is 2.09. The highest BCUT2D eigenvalue weighted by Crippen LogP contribution is 2.26. The highest BCUT2D eigenvalue weighted by molar-refractivity contribution is 7.89. The molecule has 6 heteroatoms. The average Bonchev–Trinajstić information content (AvgIpc) is 2.46. The topological polar surface area (TPSA) is 74.7 Å². The van der Waals surface area contributed by atoms with Gasteiger partial charge in [-0.15, -0.1) is 0 Å². The molecule has 1 N–H and O–H groups in total. The van der Waals surface area contributed by atoms with Crippen LogP contribution in [0.2, 0.25) is 0 Å². The van der Waals surface area contributed by atoms with Gasteiger partial charge in [0.1, 0.15) is 0 Å². The summed E-state index contributed by atoms with van der Waals surface area (Å²) in [7, 11) is -3.46. The molecule has 0 spiro atoms. The second-order valence-electron chi connectivity index (χ2n) is 5.62. The number of aryl methyl sites for hydroxylation is 1. The number of sulfonamides is 1. The summed E-state index contributed by atoms with van der Waals surface area (Å²) in [4.78, 5) is 11.0. The monoisotopic (exact) mass is 311 g/mol. The van der Waals surface area contributed by atoms with Crippen LogP contribution in [0, 0.1) is 12.8 Å². The Morgan fingerprint density at radius 1 is 1.33 bits per heavy atom. The van der Waals surface area contributed by atoms with Gasteiger partial charge in [-0.3, -0.25) is 4.79 Å². The van der Waals surface area contributed by atoms with E-state index in [-0.39, 0.29) is 12.3 Å². The number of nitrogens with zero attached hydrogens (tertiary/aromatic N) is 1. The first-order valence-corrected chi connectivity index (χ1v) is 8.62. The summed E-state index contributed by atoms with van der Waals surface area (Å²) in [5.41, 5.74) is 1.02. The van der Waals surface area contributed by atoms with Crippen molar-refractivity contribution in [3.8, 4) is 0 Å². The largest absolute Gasteiger partial charge is 0.481 e. The maximum atomic E-state index is 12.6. The van der Waals surface area contributed by atoms with E-state index in [4.69, 9.17) is 5.11 Å². The number of benzene rings is 1. The predicted octanol–water partition coefficient (Wildman–Crippen LogP) is 2.26. The number of carbonyl (C=O) groups is 1. The first-order chi connectivity index (χ1) is 9.89. The van der Waals surface area contributed by atoms with E-state index in [9.17, 15) is 13.2 Å². The molecule has 5 nitrogen and oxygen atoms in total. The Morgan fingerprint density at radius 2 is 2.00 bits per heavy atom. The fraction of sp³-hybridized carbons (Fsp3) is 0.533. The molecule has 1 aliphatic heterocycles. The molecular formula is C15H21NO4S. The van der Waals surface area contributed by atoms with Crippen LogP contribution in [0.1, 0.15) is 31.2 Å². The molecule has 1 fully saturated rings. The average molecular weight is 311 g/mol. The van der Waals surface area contributed by atoms with Gasteiger partial charge in [-0.05, 0) is 44.2 Å². The van der Waals surface area contributed by atoms with Crippen LogP contribution >= 0.6 is 0 Å². The molecule has 1 aromatic carbocycles. The third-order valence-corrected chi connectivity index (χ3v) is 5.79. The molecule has 0 bridgehead atoms. The molecule has 0 amide bonds. The Hall–Kier alpha value is -1.40. The molecule has 1 aliphatic rings. The minimum absolute atomic E-state index is 0.100. The highest BCUT2D eigenvalue weighted by atomic mass is 32.2. The third kappa shape index (κ3) is 4.04. The van der Waals surface area contributed by atoms with Crippen LogP contribution in [-0.2, 0) is 14.8 Å². The van der Waals surface area contributed by atoms with Crippen LogP contribution in [0.4, 0.5) is 0 Å². The zero-order valence-corrected chi connectivity index (χ0v) is 13.0. The van der Waals surface area contributed by atoms with Crippen molar-refractivity contribution < 1.29 is 18.3 Å². The minimum Gasteiger partial charge on any atom is -0.481 e. The molecule has 21 heavy (non-hydrogen) atoms. The van der Waals surface area contributed by atoms with Crippen LogP contribution in [0.25, 0.3) is 0 Å². The summed E-state index contributed by atoms with van der Waals surface area (Å²) in [6.07, 6.45) is 2.32. The minimum atomic E-state index is -3.46. The maximum absolute atomic E-state index is 12.6. The zero-order valence-electron chi connectivity index (χ0n) is 12.2. The Kier molecular flexibility index (Phi) is 5.00. The van der Waals surface area contributed by atoms with Gasteiger partial charge in [0, 0.05) is 19.5 Å². The SMILES string of the molecule is Cc1ccc(S(=O)(=O)N2CCC[C@@H](CCC(=O)O)C2)cc1. The number of hydrogen-bond donors (Lipinski definition) is 1. The van der Waals surface area contributed by atoms with Gasteiger partial charge < -0.3 is 5.11 Å². The van der Waals surface area contributed by atoms with E-state index >= 15 is 0 Å². The first-order valence-electron chi connectivity index (χ1n) is 7.18. The lowest BCUT2D eigenvalue weighted by molar-refractivity contribution is -0.137. The summed E-state index contributed by atoms with van der Waals surface area (Å²) >= 11 is 0. The van der Waals surface area contributed by atoms with Gasteiger partial charge >= 0.3 is 5.97 Å². The van der Waals surface area contributed by atoms with Gasteiger partial charge in [-0.2, -0.15) is 4.31 Å². The van der Waals surface area contributed by atoms with Gasteiger partial charge in [0.25, 0.3) is 0 Å². The predicted molar refractivity (Wildman–Crippen MR) is 79.5 cm³/mol. The smallest absolute Gasteiger partial charge is 0.303 e. The number of carboxylic acid groups (broad SMARTS) is 1. The Morgan fingerprint density at radius 3 is 2.62 bits per heavy atom. The highest BCUT2D eigenvalue weighted by Gasteiger charge is 2.30. The summed E-state index contributed by atoms with van der Waals surface area (Å²) in [5.74, 6) is -0.691. The molecule has 1 saturated heterocycles. The van der Waals surface area contributed by atoms with E-state index in [2.05, 4.69) is 0 Å². The standard InChI is InChI=1S/C15H21NO4S/c1-12-4-7-14(8-5-12)21(19,20)16-10-2-3-13(11-16)6-9-15(17)18/h4-5,7-8,13H,2-3,6,9-11H2,1H3,(H,17,18)/t13-/m0/s1. The normalized spacial score (nSPS) is 20.3. The van der Waals surface area contributed by atoms with E-state index in [0.717, 1.165) is 18.4 Å². The van der Waals surface area contributed by atoms with Crippen molar-refractivity contribution in [1.29, 1.82) is 0 Å². The number of aliphatic carboxylic acids is 1. The van der Waals surface area contributed by atoms with E-state index in [1.165, 1.54) is 4.31 Å². The van der Waals surface area contributed by atoms with Crippen LogP contribution in [0.15, 0.2) is 29.2 Å². The second-order valence-corrected chi connectivity index (χ2v) is 7.55. The van der Waals surface area contributed by atoms with Gasteiger partial charge in [0.05, 0.1) is 4.90 Å². The number of hydrogen-bond acceptors (Lipinski definition) is 3. The number of carboxylic acids is 1. The van der Waals surface area contributed by atoms with Crippen molar-refractivity contribution in [3.05, 3.63) is 29.8 Å². The third-order valence-electron chi connectivity index (χ3n) is 3.91. The van der Waals surface area contributed by atoms with Gasteiger partial charge in [-0.25, -0.2) is 8.42 Å². The number of rotatable bonds is 5. The van der Waals surface area contributed by atoms with Crippen LogP contribution in [-0.4, -0.2) is 36.9 Å². The second kappa shape index (κ2) is 6.58. The van der Waals surface area contributed by atoms with E-state index in [1.807, 2.05) is 6.92 Å².